The Hall–Kier alpha value is -2.15. The van der Waals surface area contributed by atoms with Crippen LogP contribution in [0.5, 0.6) is 5.75 Å². The number of nitrogens with one attached hydrogen (secondary N) is 3. The average molecular weight is 365 g/mol. The van der Waals surface area contributed by atoms with Crippen LogP contribution in [-0.4, -0.2) is 23.5 Å². The van der Waals surface area contributed by atoms with Crippen molar-refractivity contribution in [1.29, 1.82) is 0 Å². The van der Waals surface area contributed by atoms with E-state index in [1.807, 2.05) is 24.3 Å². The number of ether oxygens (including phenoxy) is 1. The van der Waals surface area contributed by atoms with E-state index in [4.69, 9.17) is 17.0 Å². The molecule has 2 amide bonds. The van der Waals surface area contributed by atoms with Crippen molar-refractivity contribution in [1.82, 2.24) is 16.2 Å². The normalized spacial score (nSPS) is 12.0. The lowest BCUT2D eigenvalue weighted by molar-refractivity contribution is -0.127. The second kappa shape index (κ2) is 9.36. The maximum absolute atomic E-state index is 11.8. The SMILES string of the molecule is CCC(C)c1ccc(OCC(=O)NNC(=S)NC(=O)C(C)(C)C)cc1. The van der Waals surface area contributed by atoms with Crippen molar-refractivity contribution in [3.8, 4) is 5.75 Å². The molecule has 0 radical (unpaired) electrons. The summed E-state index contributed by atoms with van der Waals surface area (Å²) < 4.78 is 5.42. The Morgan fingerprint density at radius 2 is 1.76 bits per heavy atom. The molecule has 138 valence electrons. The van der Waals surface area contributed by atoms with Crippen LogP contribution in [0, 0.1) is 5.41 Å². The number of hydrazine groups is 1. The second-order valence-electron chi connectivity index (χ2n) is 6.87. The molecule has 0 aliphatic carbocycles. The predicted octanol–water partition coefficient (Wildman–Crippen LogP) is 2.65. The summed E-state index contributed by atoms with van der Waals surface area (Å²) >= 11 is 4.95. The largest absolute Gasteiger partial charge is 0.484 e. The van der Waals surface area contributed by atoms with Crippen molar-refractivity contribution in [2.45, 2.75) is 47.0 Å². The fourth-order valence-corrected chi connectivity index (χ4v) is 1.91. The van der Waals surface area contributed by atoms with Crippen LogP contribution in [0.4, 0.5) is 0 Å². The van der Waals surface area contributed by atoms with Gasteiger partial charge in [-0.15, -0.1) is 0 Å². The zero-order chi connectivity index (χ0) is 19.0. The lowest BCUT2D eigenvalue weighted by Crippen LogP contribution is -2.51. The van der Waals surface area contributed by atoms with Crippen LogP contribution in [0.25, 0.3) is 0 Å². The molecule has 1 rings (SSSR count). The van der Waals surface area contributed by atoms with Gasteiger partial charge in [-0.25, -0.2) is 0 Å². The van der Waals surface area contributed by atoms with E-state index < -0.39 is 11.3 Å². The summed E-state index contributed by atoms with van der Waals surface area (Å²) in [7, 11) is 0. The first-order chi connectivity index (χ1) is 11.6. The highest BCUT2D eigenvalue weighted by Crippen LogP contribution is 2.21. The fraction of sp³-hybridized carbons (Fsp3) is 0.500. The maximum Gasteiger partial charge on any atom is 0.276 e. The first kappa shape index (κ1) is 20.9. The van der Waals surface area contributed by atoms with Gasteiger partial charge in [0.2, 0.25) is 5.91 Å². The Morgan fingerprint density at radius 1 is 1.16 bits per heavy atom. The number of rotatable bonds is 5. The highest BCUT2D eigenvalue weighted by molar-refractivity contribution is 7.80. The molecule has 1 aromatic rings. The molecule has 0 saturated heterocycles. The number of hydrogen-bond donors (Lipinski definition) is 3. The third-order valence-electron chi connectivity index (χ3n) is 3.66. The molecule has 0 heterocycles. The van der Waals surface area contributed by atoms with Crippen LogP contribution >= 0.6 is 12.2 Å². The van der Waals surface area contributed by atoms with Crippen molar-refractivity contribution < 1.29 is 14.3 Å². The van der Waals surface area contributed by atoms with Crippen molar-refractivity contribution in [2.75, 3.05) is 6.61 Å². The highest BCUT2D eigenvalue weighted by atomic mass is 32.1. The molecule has 7 heteroatoms. The Morgan fingerprint density at radius 3 is 2.28 bits per heavy atom. The van der Waals surface area contributed by atoms with Gasteiger partial charge in [0, 0.05) is 5.41 Å². The van der Waals surface area contributed by atoms with Gasteiger partial charge >= 0.3 is 0 Å². The zero-order valence-electron chi connectivity index (χ0n) is 15.4. The Labute approximate surface area is 154 Å². The van der Waals surface area contributed by atoms with Crippen LogP contribution < -0.4 is 20.9 Å². The molecule has 0 aliphatic rings. The molecular formula is C18H27N3O3S. The number of carbonyl (C=O) groups excluding carboxylic acids is 2. The van der Waals surface area contributed by atoms with Gasteiger partial charge in [0.05, 0.1) is 0 Å². The minimum atomic E-state index is -0.569. The number of carbonyl (C=O) groups is 2. The Bertz CT molecular complexity index is 609. The lowest BCUT2D eigenvalue weighted by Gasteiger charge is -2.18. The van der Waals surface area contributed by atoms with Gasteiger partial charge in [0.25, 0.3) is 5.91 Å². The molecule has 0 saturated carbocycles. The summed E-state index contributed by atoms with van der Waals surface area (Å²) in [5.74, 6) is 0.465. The molecule has 6 nitrogen and oxygen atoms in total. The molecule has 1 aromatic carbocycles. The highest BCUT2D eigenvalue weighted by Gasteiger charge is 2.22. The summed E-state index contributed by atoms with van der Waals surface area (Å²) in [6, 6.07) is 7.68. The molecule has 1 atom stereocenters. The fourth-order valence-electron chi connectivity index (χ4n) is 1.76. The standard InChI is InChI=1S/C18H27N3O3S/c1-6-12(2)13-7-9-14(10-8-13)24-11-15(22)20-21-17(25)19-16(23)18(3,4)5/h7-10,12H,6,11H2,1-5H3,(H,20,22)(H2,19,21,23,25). The Kier molecular flexibility index (Phi) is 7.83. The molecule has 0 aromatic heterocycles. The molecule has 1 unspecified atom stereocenters. The molecule has 0 fully saturated rings. The third-order valence-corrected chi connectivity index (χ3v) is 3.86. The van der Waals surface area contributed by atoms with E-state index in [1.165, 1.54) is 5.56 Å². The lowest BCUT2D eigenvalue weighted by atomic mass is 9.96. The van der Waals surface area contributed by atoms with E-state index in [0.717, 1.165) is 6.42 Å². The minimum absolute atomic E-state index is 0.0335. The summed E-state index contributed by atoms with van der Waals surface area (Å²) in [5.41, 5.74) is 5.52. The van der Waals surface area contributed by atoms with Crippen LogP contribution in [0.15, 0.2) is 24.3 Å². The summed E-state index contributed by atoms with van der Waals surface area (Å²) in [4.78, 5) is 23.5. The zero-order valence-corrected chi connectivity index (χ0v) is 16.3. The molecule has 0 aliphatic heterocycles. The van der Waals surface area contributed by atoms with Crippen molar-refractivity contribution in [2.24, 2.45) is 5.41 Å². The van der Waals surface area contributed by atoms with Gasteiger partial charge in [0.15, 0.2) is 11.7 Å². The van der Waals surface area contributed by atoms with Crippen molar-refractivity contribution >= 4 is 29.1 Å². The van der Waals surface area contributed by atoms with Crippen LogP contribution in [0.2, 0.25) is 0 Å². The number of amides is 2. The third kappa shape index (κ3) is 7.51. The summed E-state index contributed by atoms with van der Waals surface area (Å²) in [6.07, 6.45) is 1.07. The van der Waals surface area contributed by atoms with E-state index >= 15 is 0 Å². The van der Waals surface area contributed by atoms with E-state index in [-0.39, 0.29) is 17.6 Å². The van der Waals surface area contributed by atoms with Crippen molar-refractivity contribution in [3.05, 3.63) is 29.8 Å². The monoisotopic (exact) mass is 365 g/mol. The van der Waals surface area contributed by atoms with Crippen LogP contribution in [0.1, 0.15) is 52.5 Å². The van der Waals surface area contributed by atoms with Crippen molar-refractivity contribution in [3.63, 3.8) is 0 Å². The van der Waals surface area contributed by atoms with Gasteiger partial charge in [-0.2, -0.15) is 0 Å². The first-order valence-electron chi connectivity index (χ1n) is 8.26. The van der Waals surface area contributed by atoms with Gasteiger partial charge in [-0.3, -0.25) is 20.4 Å². The maximum atomic E-state index is 11.8. The predicted molar refractivity (Wildman–Crippen MR) is 102 cm³/mol. The summed E-state index contributed by atoms with van der Waals surface area (Å²) in [6.45, 7) is 9.44. The van der Waals surface area contributed by atoms with Gasteiger partial charge < -0.3 is 10.1 Å². The Balaban J connectivity index is 2.35. The smallest absolute Gasteiger partial charge is 0.276 e. The van der Waals surface area contributed by atoms with Gasteiger partial charge in [-0.05, 0) is 42.3 Å². The van der Waals surface area contributed by atoms with E-state index in [0.29, 0.717) is 11.7 Å². The van der Waals surface area contributed by atoms with Crippen LogP contribution in [0.3, 0.4) is 0 Å². The average Bonchev–Trinajstić information content (AvgIpc) is 2.57. The minimum Gasteiger partial charge on any atom is -0.484 e. The van der Waals surface area contributed by atoms with E-state index in [2.05, 4.69) is 30.0 Å². The summed E-state index contributed by atoms with van der Waals surface area (Å²) in [5, 5.41) is 2.53. The van der Waals surface area contributed by atoms with E-state index in [1.54, 1.807) is 20.8 Å². The molecular weight excluding hydrogens is 338 g/mol. The van der Waals surface area contributed by atoms with Gasteiger partial charge in [0.1, 0.15) is 5.75 Å². The van der Waals surface area contributed by atoms with Crippen LogP contribution in [-0.2, 0) is 9.59 Å². The topological polar surface area (TPSA) is 79.5 Å². The molecule has 0 bridgehead atoms. The quantitative estimate of drug-likeness (QED) is 0.552. The van der Waals surface area contributed by atoms with E-state index in [9.17, 15) is 9.59 Å². The number of hydrogen-bond acceptors (Lipinski definition) is 4. The number of thiocarbonyl (C=S) groups is 1. The molecule has 3 N–H and O–H groups in total. The second-order valence-corrected chi connectivity index (χ2v) is 7.28. The molecule has 0 spiro atoms. The molecule has 25 heavy (non-hydrogen) atoms. The number of benzene rings is 1. The van der Waals surface area contributed by atoms with Gasteiger partial charge in [-0.1, -0.05) is 46.8 Å². The first-order valence-corrected chi connectivity index (χ1v) is 8.67.